The number of benzene rings is 1. The fraction of sp³-hybridized carbons (Fsp3) is 0.462. The highest BCUT2D eigenvalue weighted by Gasteiger charge is 2.30. The number of carbonyl (C=O) groups excluding carboxylic acids is 1. The van der Waals surface area contributed by atoms with Gasteiger partial charge in [0.15, 0.2) is 5.02 Å². The van der Waals surface area contributed by atoms with Gasteiger partial charge in [0.1, 0.15) is 0 Å². The van der Waals surface area contributed by atoms with Crippen LogP contribution in [0.4, 0.5) is 11.4 Å². The van der Waals surface area contributed by atoms with Crippen LogP contribution in [0.3, 0.4) is 0 Å². The number of carbonyl (C=O) groups is 1. The summed E-state index contributed by atoms with van der Waals surface area (Å²) < 4.78 is 0. The third-order valence-electron chi connectivity index (χ3n) is 3.74. The molecule has 1 aromatic rings. The maximum absolute atomic E-state index is 12.5. The fourth-order valence-electron chi connectivity index (χ4n) is 2.55. The number of piperidine rings is 1. The van der Waals surface area contributed by atoms with Gasteiger partial charge in [-0.05, 0) is 26.2 Å². The molecule has 1 atom stereocenters. The molecule has 1 saturated heterocycles. The zero-order chi connectivity index (χ0) is 16.4. The summed E-state index contributed by atoms with van der Waals surface area (Å²) in [6.45, 7) is 2.42. The molecule has 1 heterocycles. The van der Waals surface area contributed by atoms with Crippen LogP contribution >= 0.6 is 11.6 Å². The molecule has 118 valence electrons. The predicted molar refractivity (Wildman–Crippen MR) is 79.1 cm³/mol. The molecule has 2 rings (SSSR count). The lowest BCUT2D eigenvalue weighted by Crippen LogP contribution is -2.42. The van der Waals surface area contributed by atoms with Crippen LogP contribution in [0, 0.1) is 20.2 Å². The smallest absolute Gasteiger partial charge is 0.295 e. The third-order valence-corrected chi connectivity index (χ3v) is 4.13. The van der Waals surface area contributed by atoms with Crippen molar-refractivity contribution in [3.05, 3.63) is 42.9 Å². The minimum Gasteiger partial charge on any atom is -0.336 e. The van der Waals surface area contributed by atoms with Crippen molar-refractivity contribution in [1.29, 1.82) is 0 Å². The van der Waals surface area contributed by atoms with Gasteiger partial charge >= 0.3 is 0 Å². The van der Waals surface area contributed by atoms with E-state index in [-0.39, 0.29) is 11.6 Å². The average molecular weight is 328 g/mol. The SMILES string of the molecule is C[C@@H]1CCCCN1C(=O)c1cc([N+](=O)[O-])c(Cl)c([N+](=O)[O-])c1. The van der Waals surface area contributed by atoms with E-state index in [1.165, 1.54) is 0 Å². The maximum atomic E-state index is 12.5. The number of amides is 1. The monoisotopic (exact) mass is 327 g/mol. The second-order valence-corrected chi connectivity index (χ2v) is 5.56. The van der Waals surface area contributed by atoms with E-state index in [9.17, 15) is 25.0 Å². The Bertz CT molecular complexity index is 614. The van der Waals surface area contributed by atoms with E-state index in [4.69, 9.17) is 11.6 Å². The summed E-state index contributed by atoms with van der Waals surface area (Å²) in [6.07, 6.45) is 2.68. The third kappa shape index (κ3) is 3.01. The summed E-state index contributed by atoms with van der Waals surface area (Å²) in [5.41, 5.74) is -1.36. The first-order valence-corrected chi connectivity index (χ1v) is 7.14. The molecular formula is C13H14ClN3O5. The first-order chi connectivity index (χ1) is 10.3. The number of hydrogen-bond donors (Lipinski definition) is 0. The summed E-state index contributed by atoms with van der Waals surface area (Å²) in [5.74, 6) is -0.449. The van der Waals surface area contributed by atoms with E-state index in [1.807, 2.05) is 6.92 Å². The minimum atomic E-state index is -0.828. The van der Waals surface area contributed by atoms with E-state index >= 15 is 0 Å². The van der Waals surface area contributed by atoms with Crippen molar-refractivity contribution in [3.63, 3.8) is 0 Å². The Hall–Kier alpha value is -2.22. The van der Waals surface area contributed by atoms with Gasteiger partial charge in [-0.3, -0.25) is 25.0 Å². The molecule has 1 aliphatic rings. The van der Waals surface area contributed by atoms with Crippen molar-refractivity contribution in [3.8, 4) is 0 Å². The molecule has 1 fully saturated rings. The molecular weight excluding hydrogens is 314 g/mol. The number of hydrogen-bond acceptors (Lipinski definition) is 5. The minimum absolute atomic E-state index is 0.00459. The van der Waals surface area contributed by atoms with E-state index in [0.29, 0.717) is 6.54 Å². The van der Waals surface area contributed by atoms with Gasteiger partial charge in [0, 0.05) is 24.7 Å². The van der Waals surface area contributed by atoms with Crippen molar-refractivity contribution in [2.45, 2.75) is 32.2 Å². The quantitative estimate of drug-likeness (QED) is 0.626. The summed E-state index contributed by atoms with van der Waals surface area (Å²) >= 11 is 5.68. The van der Waals surface area contributed by atoms with Gasteiger partial charge in [-0.25, -0.2) is 0 Å². The lowest BCUT2D eigenvalue weighted by Gasteiger charge is -2.33. The van der Waals surface area contributed by atoms with E-state index in [0.717, 1.165) is 31.4 Å². The Labute approximate surface area is 131 Å². The van der Waals surface area contributed by atoms with Crippen LogP contribution in [0.5, 0.6) is 0 Å². The summed E-state index contributed by atoms with van der Waals surface area (Å²) in [7, 11) is 0. The Kier molecular flexibility index (Phi) is 4.60. The highest BCUT2D eigenvalue weighted by atomic mass is 35.5. The van der Waals surface area contributed by atoms with Gasteiger partial charge in [0.25, 0.3) is 17.3 Å². The Balaban J connectivity index is 2.48. The highest BCUT2D eigenvalue weighted by molar-refractivity contribution is 6.35. The van der Waals surface area contributed by atoms with Crippen molar-refractivity contribution in [1.82, 2.24) is 4.90 Å². The molecule has 9 heteroatoms. The van der Waals surface area contributed by atoms with Crippen molar-refractivity contribution < 1.29 is 14.6 Å². The summed E-state index contributed by atoms with van der Waals surface area (Å²) in [4.78, 5) is 34.4. The Morgan fingerprint density at radius 2 is 1.77 bits per heavy atom. The van der Waals surface area contributed by atoms with Gasteiger partial charge in [-0.15, -0.1) is 0 Å². The molecule has 0 radical (unpaired) electrons. The van der Waals surface area contributed by atoms with Crippen LogP contribution in [0.1, 0.15) is 36.5 Å². The van der Waals surface area contributed by atoms with E-state index in [1.54, 1.807) is 4.90 Å². The lowest BCUT2D eigenvalue weighted by atomic mass is 10.0. The Morgan fingerprint density at radius 3 is 2.23 bits per heavy atom. The molecule has 0 aromatic heterocycles. The van der Waals surface area contributed by atoms with Gasteiger partial charge < -0.3 is 4.90 Å². The topological polar surface area (TPSA) is 107 Å². The molecule has 1 amide bonds. The largest absolute Gasteiger partial charge is 0.336 e. The van der Waals surface area contributed by atoms with Crippen molar-refractivity contribution >= 4 is 28.9 Å². The second-order valence-electron chi connectivity index (χ2n) is 5.19. The second kappa shape index (κ2) is 6.27. The lowest BCUT2D eigenvalue weighted by molar-refractivity contribution is -0.393. The zero-order valence-electron chi connectivity index (χ0n) is 11.8. The molecule has 0 saturated carbocycles. The Morgan fingerprint density at radius 1 is 1.23 bits per heavy atom. The normalized spacial score (nSPS) is 18.1. The molecule has 22 heavy (non-hydrogen) atoms. The molecule has 0 N–H and O–H groups in total. The average Bonchev–Trinajstić information content (AvgIpc) is 2.46. The highest BCUT2D eigenvalue weighted by Crippen LogP contribution is 2.35. The molecule has 0 bridgehead atoms. The summed E-state index contributed by atoms with van der Waals surface area (Å²) in [6, 6.07) is 1.99. The van der Waals surface area contributed by atoms with Gasteiger partial charge in [0.2, 0.25) is 0 Å². The maximum Gasteiger partial charge on any atom is 0.295 e. The van der Waals surface area contributed by atoms with Crippen LogP contribution < -0.4 is 0 Å². The fourth-order valence-corrected chi connectivity index (χ4v) is 2.80. The van der Waals surface area contributed by atoms with Crippen LogP contribution in [-0.4, -0.2) is 33.2 Å². The molecule has 0 spiro atoms. The molecule has 1 aliphatic heterocycles. The molecule has 8 nitrogen and oxygen atoms in total. The number of rotatable bonds is 3. The van der Waals surface area contributed by atoms with Gasteiger partial charge in [-0.1, -0.05) is 11.6 Å². The number of halogens is 1. The van der Waals surface area contributed by atoms with E-state index < -0.39 is 32.2 Å². The number of likely N-dealkylation sites (tertiary alicyclic amines) is 1. The number of nitro benzene ring substituents is 2. The van der Waals surface area contributed by atoms with Crippen LogP contribution in [0.15, 0.2) is 12.1 Å². The molecule has 0 aliphatic carbocycles. The first-order valence-electron chi connectivity index (χ1n) is 6.76. The van der Waals surface area contributed by atoms with E-state index in [2.05, 4.69) is 0 Å². The van der Waals surface area contributed by atoms with Crippen LogP contribution in [-0.2, 0) is 0 Å². The standard InChI is InChI=1S/C13H14ClN3O5/c1-8-4-2-3-5-15(8)13(18)9-6-10(16(19)20)12(14)11(7-9)17(21)22/h6-8H,2-5H2,1H3/t8-/m1/s1. The molecule has 0 unspecified atom stereocenters. The van der Waals surface area contributed by atoms with Crippen molar-refractivity contribution in [2.75, 3.05) is 6.54 Å². The van der Waals surface area contributed by atoms with Crippen molar-refractivity contribution in [2.24, 2.45) is 0 Å². The number of nitro groups is 2. The predicted octanol–water partition coefficient (Wildman–Crippen LogP) is 3.17. The molecule has 1 aromatic carbocycles. The number of nitrogens with zero attached hydrogens (tertiary/aromatic N) is 3. The van der Waals surface area contributed by atoms with Gasteiger partial charge in [0.05, 0.1) is 15.4 Å². The van der Waals surface area contributed by atoms with Gasteiger partial charge in [-0.2, -0.15) is 0 Å². The first kappa shape index (κ1) is 16.2. The zero-order valence-corrected chi connectivity index (χ0v) is 12.6. The summed E-state index contributed by atoms with van der Waals surface area (Å²) in [5, 5.41) is 21.4. The van der Waals surface area contributed by atoms with Crippen LogP contribution in [0.2, 0.25) is 5.02 Å². The van der Waals surface area contributed by atoms with Crippen LogP contribution in [0.25, 0.3) is 0 Å².